The number of aromatic nitrogens is 1. The van der Waals surface area contributed by atoms with Gasteiger partial charge in [0, 0.05) is 36.9 Å². The van der Waals surface area contributed by atoms with Gasteiger partial charge in [-0.15, -0.1) is 34.9 Å². The van der Waals surface area contributed by atoms with E-state index in [1.54, 1.807) is 30.3 Å². The van der Waals surface area contributed by atoms with E-state index in [2.05, 4.69) is 54.4 Å². The third-order valence-corrected chi connectivity index (χ3v) is 9.56. The molecule has 1 radical (unpaired) electrons. The van der Waals surface area contributed by atoms with Crippen LogP contribution in [0.4, 0.5) is 12.3 Å². The third kappa shape index (κ3) is 8.43. The van der Waals surface area contributed by atoms with Crippen molar-refractivity contribution in [1.82, 2.24) is 4.98 Å². The molecule has 0 aliphatic carbocycles. The Kier molecular flexibility index (Phi) is 11.3. The van der Waals surface area contributed by atoms with E-state index in [1.165, 1.54) is 12.1 Å². The maximum atomic E-state index is 13.7. The van der Waals surface area contributed by atoms with Gasteiger partial charge in [-0.3, -0.25) is 4.79 Å². The monoisotopic (exact) mass is 870 g/mol. The number of hydrogen-bond acceptors (Lipinski definition) is 2. The summed E-state index contributed by atoms with van der Waals surface area (Å²) in [7, 11) is -5.95. The Hall–Kier alpha value is -4.10. The first-order chi connectivity index (χ1) is 22.8. The number of halogens is 3. The molecular formula is C42H42F3IrNO2Si. The number of aliphatic hydroxyl groups excluding tert-OH is 1. The number of hydrogen-bond donors (Lipinski definition) is 1. The number of aliphatic hydroxyl groups is 1. The van der Waals surface area contributed by atoms with Crippen molar-refractivity contribution in [3.63, 3.8) is 0 Å². The third-order valence-electron chi connectivity index (χ3n) is 8.52. The van der Waals surface area contributed by atoms with Gasteiger partial charge in [-0.1, -0.05) is 95.3 Å². The number of aryl methyl sites for hydroxylation is 2. The first-order valence-electron chi connectivity index (χ1n) is 16.2. The van der Waals surface area contributed by atoms with Crippen LogP contribution in [0.5, 0.6) is 0 Å². The zero-order chi connectivity index (χ0) is 35.9. The number of fused-ring (bicyclic) bond motifs is 4. The van der Waals surface area contributed by atoms with Gasteiger partial charge in [0.15, 0.2) is 0 Å². The Balaban J connectivity index is 0.000000345. The predicted molar refractivity (Wildman–Crippen MR) is 201 cm³/mol. The SMILES string of the molecule is CC(C)(C)C(=[OH+])/C=C(\O)C(C)(C)C.Cc1[c-]c(-c2nccc3c2ccc2cc(-c4ccc([Si](F)(F)F)c5ccccc45)ccc23)cc(C)c1.[Ir]. The molecule has 50 heavy (non-hydrogen) atoms. The van der Waals surface area contributed by atoms with Crippen LogP contribution in [0, 0.1) is 30.7 Å². The van der Waals surface area contributed by atoms with Crippen LogP contribution in [-0.4, -0.2) is 29.7 Å². The molecule has 0 atom stereocenters. The second-order valence-corrected chi connectivity index (χ2v) is 16.2. The van der Waals surface area contributed by atoms with Crippen molar-refractivity contribution in [2.75, 3.05) is 0 Å². The van der Waals surface area contributed by atoms with Crippen LogP contribution in [0.2, 0.25) is 0 Å². The summed E-state index contributed by atoms with van der Waals surface area (Å²) in [6.07, 6.45) is 3.27. The van der Waals surface area contributed by atoms with Crippen LogP contribution in [0.25, 0.3) is 54.7 Å². The van der Waals surface area contributed by atoms with E-state index in [0.29, 0.717) is 5.39 Å². The van der Waals surface area contributed by atoms with Crippen molar-refractivity contribution in [2.24, 2.45) is 10.8 Å². The fraction of sp³-hybridized carbons (Fsp3) is 0.238. The molecule has 5 aromatic carbocycles. The predicted octanol–water partition coefficient (Wildman–Crippen LogP) is 11.4. The summed E-state index contributed by atoms with van der Waals surface area (Å²) in [5.74, 6) is 0.417. The van der Waals surface area contributed by atoms with Crippen LogP contribution < -0.4 is 5.19 Å². The van der Waals surface area contributed by atoms with Gasteiger partial charge in [0.1, 0.15) is 5.76 Å². The molecule has 0 spiro atoms. The normalized spacial score (nSPS) is 12.4. The number of carbonyl (C=O) groups excluding carboxylic acids is 1. The minimum Gasteiger partial charge on any atom is -0.511 e. The molecule has 0 amide bonds. The van der Waals surface area contributed by atoms with E-state index < -0.39 is 14.3 Å². The molecule has 0 saturated carbocycles. The van der Waals surface area contributed by atoms with Crippen molar-refractivity contribution in [1.29, 1.82) is 0 Å². The maximum Gasteiger partial charge on any atom is 0.653 e. The molecule has 6 aromatic rings. The number of pyridine rings is 1. The Morgan fingerprint density at radius 1 is 0.760 bits per heavy atom. The molecule has 3 nitrogen and oxygen atoms in total. The van der Waals surface area contributed by atoms with Gasteiger partial charge in [-0.25, -0.2) is 12.3 Å². The fourth-order valence-corrected chi connectivity index (χ4v) is 6.56. The quantitative estimate of drug-likeness (QED) is 0.0365. The van der Waals surface area contributed by atoms with E-state index in [-0.39, 0.29) is 47.9 Å². The van der Waals surface area contributed by atoms with Crippen molar-refractivity contribution in [3.8, 4) is 22.4 Å². The molecule has 6 rings (SSSR count). The van der Waals surface area contributed by atoms with Crippen LogP contribution in [-0.2, 0) is 20.1 Å². The van der Waals surface area contributed by atoms with Gasteiger partial charge in [0.25, 0.3) is 0 Å². The standard InChI is InChI=1S/C31H21F3NSi.C11H20O2.Ir/c1-19-15-20(2)17-23(16-19)31-29-10-8-22-18-21(7-9-24(22)27(29)13-14-35-31)25-11-12-30(36(32,33)34)28-6-4-3-5-26(25)28;1-10(2,3)8(12)7-9(13)11(4,5)6;/h3-16,18H,1-2H3;7,12H,1-6H3;/q-1;;/p+1/b;8-7-;. The van der Waals surface area contributed by atoms with E-state index in [0.717, 1.165) is 55.1 Å². The molecule has 2 N–H and O–H groups in total. The number of ketones is 1. The van der Waals surface area contributed by atoms with Crippen molar-refractivity contribution < 1.29 is 42.3 Å². The molecule has 0 fully saturated rings. The molecule has 1 aromatic heterocycles. The molecule has 261 valence electrons. The van der Waals surface area contributed by atoms with Crippen LogP contribution >= 0.6 is 0 Å². The molecule has 0 aliphatic heterocycles. The molecule has 0 saturated heterocycles. The summed E-state index contributed by atoms with van der Waals surface area (Å²) in [4.78, 5) is 14.3. The molecule has 0 aliphatic rings. The number of allylic oxidation sites excluding steroid dienone is 2. The second kappa shape index (κ2) is 14.6. The second-order valence-electron chi connectivity index (χ2n) is 14.6. The Labute approximate surface area is 307 Å². The average Bonchev–Trinajstić information content (AvgIpc) is 3.02. The molecule has 8 heteroatoms. The first-order valence-corrected chi connectivity index (χ1v) is 17.9. The Morgan fingerprint density at radius 2 is 1.42 bits per heavy atom. The maximum absolute atomic E-state index is 13.7. The van der Waals surface area contributed by atoms with E-state index in [4.69, 9.17) is 0 Å². The van der Waals surface area contributed by atoms with Crippen molar-refractivity contribution >= 4 is 52.4 Å². The number of benzene rings is 5. The average molecular weight is 870 g/mol. The van der Waals surface area contributed by atoms with E-state index in [9.17, 15) is 22.2 Å². The Morgan fingerprint density at radius 3 is 2.04 bits per heavy atom. The van der Waals surface area contributed by atoms with Gasteiger partial charge >= 0.3 is 14.9 Å². The summed E-state index contributed by atoms with van der Waals surface area (Å²) in [5, 5.41) is 14.3. The molecule has 0 bridgehead atoms. The molecule has 1 heterocycles. The number of rotatable bonds is 4. The summed E-state index contributed by atoms with van der Waals surface area (Å²) >= 11 is 0. The van der Waals surface area contributed by atoms with Gasteiger partial charge < -0.3 is 10.1 Å². The summed E-state index contributed by atoms with van der Waals surface area (Å²) in [6.45, 7) is 15.5. The zero-order valence-corrected chi connectivity index (χ0v) is 32.9. The van der Waals surface area contributed by atoms with Crippen LogP contribution in [0.1, 0.15) is 52.7 Å². The minimum atomic E-state index is -5.95. The van der Waals surface area contributed by atoms with Gasteiger partial charge in [0.05, 0.1) is 11.5 Å². The van der Waals surface area contributed by atoms with E-state index >= 15 is 0 Å². The van der Waals surface area contributed by atoms with Crippen LogP contribution in [0.15, 0.2) is 103 Å². The largest absolute Gasteiger partial charge is 0.653 e. The summed E-state index contributed by atoms with van der Waals surface area (Å²) in [6, 6.07) is 29.5. The van der Waals surface area contributed by atoms with Crippen LogP contribution in [0.3, 0.4) is 0 Å². The minimum absolute atomic E-state index is 0. The molecular weight excluding hydrogens is 828 g/mol. The zero-order valence-electron chi connectivity index (χ0n) is 29.5. The van der Waals surface area contributed by atoms with Gasteiger partial charge in [-0.05, 0) is 82.0 Å². The Bertz CT molecular complexity index is 2230. The topological polar surface area (TPSA) is 54.5 Å². The number of nitrogens with zero attached hydrogens (tertiary/aromatic N) is 1. The summed E-state index contributed by atoms with van der Waals surface area (Å²) < 4.78 is 41.2. The van der Waals surface area contributed by atoms with Gasteiger partial charge in [0.2, 0.25) is 0 Å². The van der Waals surface area contributed by atoms with Gasteiger partial charge in [-0.2, -0.15) is 0 Å². The smallest absolute Gasteiger partial charge is 0.511 e. The first kappa shape index (κ1) is 38.7. The van der Waals surface area contributed by atoms with Crippen molar-refractivity contribution in [3.05, 3.63) is 120 Å². The van der Waals surface area contributed by atoms with Crippen molar-refractivity contribution in [2.45, 2.75) is 55.4 Å². The van der Waals surface area contributed by atoms with E-state index in [1.807, 2.05) is 66.8 Å². The molecule has 0 unspecified atom stereocenters. The summed E-state index contributed by atoms with van der Waals surface area (Å²) in [5.41, 5.74) is 5.17. The fourth-order valence-electron chi connectivity index (χ4n) is 5.76.